The van der Waals surface area contributed by atoms with Crippen LogP contribution in [-0.2, 0) is 4.79 Å². The molecule has 0 aromatic heterocycles. The molecule has 0 heterocycles. The Morgan fingerprint density at radius 3 is 2.47 bits per heavy atom. The number of Topliss-reactive ketones (excluding diaryl/α,β-unsaturated/α-hetero) is 1. The molecule has 0 fully saturated rings. The Balaban J connectivity index is 3.06. The molecule has 0 saturated carbocycles. The molecule has 1 aromatic carbocycles. The van der Waals surface area contributed by atoms with Gasteiger partial charge in [0.15, 0.2) is 0 Å². The molecule has 0 aliphatic rings. The number of benzene rings is 1. The maximum Gasteiger partial charge on any atom is 0.573 e. The molecule has 0 spiro atoms. The summed E-state index contributed by atoms with van der Waals surface area (Å²) in [6, 6.07) is 3.73. The highest BCUT2D eigenvalue weighted by Crippen LogP contribution is 2.34. The lowest BCUT2D eigenvalue weighted by molar-refractivity contribution is -0.274. The standard InChI is InChI=1S/C10H7Br2F3O2/c1-5(16)9(12)7-4-6(2-3-8(7)11)17-10(13,14)15/h2-4,9H,1H3. The van der Waals surface area contributed by atoms with Crippen LogP contribution in [0.2, 0.25) is 0 Å². The number of alkyl halides is 4. The molecular formula is C10H7Br2F3O2. The van der Waals surface area contributed by atoms with Gasteiger partial charge in [0.05, 0.1) is 4.83 Å². The topological polar surface area (TPSA) is 26.3 Å². The van der Waals surface area contributed by atoms with Gasteiger partial charge in [0.2, 0.25) is 0 Å². The van der Waals surface area contributed by atoms with Crippen LogP contribution < -0.4 is 4.74 Å². The molecule has 0 bridgehead atoms. The average Bonchev–Trinajstić information content (AvgIpc) is 2.17. The van der Waals surface area contributed by atoms with Crippen molar-refractivity contribution in [2.24, 2.45) is 0 Å². The van der Waals surface area contributed by atoms with Crippen molar-refractivity contribution in [3.63, 3.8) is 0 Å². The quantitative estimate of drug-likeness (QED) is 0.733. The second-order valence-corrected chi connectivity index (χ2v) is 4.97. The molecule has 0 saturated heterocycles. The minimum Gasteiger partial charge on any atom is -0.406 e. The van der Waals surface area contributed by atoms with Crippen molar-refractivity contribution in [2.75, 3.05) is 0 Å². The Bertz CT molecular complexity index is 432. The zero-order valence-electron chi connectivity index (χ0n) is 8.52. The van der Waals surface area contributed by atoms with E-state index in [0.29, 0.717) is 10.0 Å². The lowest BCUT2D eigenvalue weighted by Gasteiger charge is -2.13. The fraction of sp³-hybridized carbons (Fsp3) is 0.300. The van der Waals surface area contributed by atoms with Gasteiger partial charge in [0.25, 0.3) is 0 Å². The number of hydrogen-bond donors (Lipinski definition) is 0. The first-order valence-electron chi connectivity index (χ1n) is 4.40. The Morgan fingerprint density at radius 1 is 1.41 bits per heavy atom. The van der Waals surface area contributed by atoms with E-state index in [4.69, 9.17) is 0 Å². The normalized spacial score (nSPS) is 13.3. The highest BCUT2D eigenvalue weighted by molar-refractivity contribution is 9.11. The number of carbonyl (C=O) groups excluding carboxylic acids is 1. The minimum atomic E-state index is -4.75. The van der Waals surface area contributed by atoms with E-state index in [1.54, 1.807) is 0 Å². The molecule has 1 unspecified atom stereocenters. The summed E-state index contributed by atoms with van der Waals surface area (Å²) < 4.78 is 40.4. The van der Waals surface area contributed by atoms with E-state index in [0.717, 1.165) is 0 Å². The van der Waals surface area contributed by atoms with Crippen molar-refractivity contribution in [3.8, 4) is 5.75 Å². The number of ether oxygens (including phenoxy) is 1. The number of ketones is 1. The maximum absolute atomic E-state index is 12.0. The molecule has 0 radical (unpaired) electrons. The van der Waals surface area contributed by atoms with Gasteiger partial charge < -0.3 is 4.74 Å². The molecule has 0 amide bonds. The summed E-state index contributed by atoms with van der Waals surface area (Å²) in [6.07, 6.45) is -4.75. The Kier molecular flexibility index (Phi) is 4.60. The van der Waals surface area contributed by atoms with Crippen LogP contribution in [0.3, 0.4) is 0 Å². The van der Waals surface area contributed by atoms with E-state index in [9.17, 15) is 18.0 Å². The highest BCUT2D eigenvalue weighted by atomic mass is 79.9. The smallest absolute Gasteiger partial charge is 0.406 e. The van der Waals surface area contributed by atoms with E-state index < -0.39 is 11.2 Å². The Hall–Kier alpha value is -0.560. The summed E-state index contributed by atoms with van der Waals surface area (Å²) >= 11 is 6.26. The van der Waals surface area contributed by atoms with Gasteiger partial charge in [-0.15, -0.1) is 13.2 Å². The number of rotatable bonds is 3. The van der Waals surface area contributed by atoms with Crippen LogP contribution in [0.4, 0.5) is 13.2 Å². The van der Waals surface area contributed by atoms with Crippen molar-refractivity contribution in [3.05, 3.63) is 28.2 Å². The molecule has 1 aromatic rings. The second kappa shape index (κ2) is 5.39. The summed E-state index contributed by atoms with van der Waals surface area (Å²) in [7, 11) is 0. The lowest BCUT2D eigenvalue weighted by Crippen LogP contribution is -2.17. The molecule has 7 heteroatoms. The third-order valence-corrected chi connectivity index (χ3v) is 3.69. The van der Waals surface area contributed by atoms with Crippen LogP contribution in [0.5, 0.6) is 5.75 Å². The van der Waals surface area contributed by atoms with Gasteiger partial charge in [-0.2, -0.15) is 0 Å². The third-order valence-electron chi connectivity index (χ3n) is 1.83. The molecule has 17 heavy (non-hydrogen) atoms. The van der Waals surface area contributed by atoms with Crippen LogP contribution in [0, 0.1) is 0 Å². The summed E-state index contributed by atoms with van der Waals surface area (Å²) in [5.41, 5.74) is 0.388. The minimum absolute atomic E-state index is 0.213. The van der Waals surface area contributed by atoms with Gasteiger partial charge >= 0.3 is 6.36 Å². The van der Waals surface area contributed by atoms with Gasteiger partial charge in [0, 0.05) is 4.47 Å². The first kappa shape index (κ1) is 14.5. The molecule has 2 nitrogen and oxygen atoms in total. The van der Waals surface area contributed by atoms with E-state index in [1.165, 1.54) is 25.1 Å². The van der Waals surface area contributed by atoms with Crippen LogP contribution in [0.1, 0.15) is 17.3 Å². The molecule has 0 aliphatic heterocycles. The van der Waals surface area contributed by atoms with Gasteiger partial charge in [0.1, 0.15) is 11.5 Å². The maximum atomic E-state index is 12.0. The molecule has 0 aliphatic carbocycles. The molecule has 0 N–H and O–H groups in total. The number of carbonyl (C=O) groups is 1. The predicted octanol–water partition coefficient (Wildman–Crippen LogP) is 4.37. The van der Waals surface area contributed by atoms with E-state index in [2.05, 4.69) is 36.6 Å². The van der Waals surface area contributed by atoms with Crippen LogP contribution in [-0.4, -0.2) is 12.1 Å². The summed E-state index contributed by atoms with van der Waals surface area (Å²) in [5.74, 6) is -0.573. The zero-order valence-corrected chi connectivity index (χ0v) is 11.7. The van der Waals surface area contributed by atoms with Crippen molar-refractivity contribution < 1.29 is 22.7 Å². The summed E-state index contributed by atoms with van der Waals surface area (Å²) in [6.45, 7) is 1.34. The monoisotopic (exact) mass is 374 g/mol. The second-order valence-electron chi connectivity index (χ2n) is 3.20. The lowest BCUT2D eigenvalue weighted by atomic mass is 10.1. The van der Waals surface area contributed by atoms with Crippen molar-refractivity contribution >= 4 is 37.6 Å². The highest BCUT2D eigenvalue weighted by Gasteiger charge is 2.31. The molecule has 1 rings (SSSR count). The predicted molar refractivity (Wildman–Crippen MR) is 63.2 cm³/mol. The Labute approximate surface area is 112 Å². The average molecular weight is 376 g/mol. The van der Waals surface area contributed by atoms with E-state index >= 15 is 0 Å². The first-order chi connectivity index (χ1) is 7.70. The van der Waals surface area contributed by atoms with Gasteiger partial charge in [-0.05, 0) is 30.7 Å². The molecule has 94 valence electrons. The Morgan fingerprint density at radius 2 is 2.00 bits per heavy atom. The van der Waals surface area contributed by atoms with Gasteiger partial charge in [-0.3, -0.25) is 4.79 Å². The first-order valence-corrected chi connectivity index (χ1v) is 6.11. The molecular weight excluding hydrogens is 369 g/mol. The summed E-state index contributed by atoms with van der Waals surface area (Å²) in [4.78, 5) is 10.5. The van der Waals surface area contributed by atoms with Crippen LogP contribution in [0.25, 0.3) is 0 Å². The summed E-state index contributed by atoms with van der Waals surface area (Å²) in [5, 5.41) is 0. The zero-order chi connectivity index (χ0) is 13.2. The van der Waals surface area contributed by atoms with Crippen LogP contribution in [0.15, 0.2) is 22.7 Å². The largest absolute Gasteiger partial charge is 0.573 e. The fourth-order valence-corrected chi connectivity index (χ4v) is 2.29. The van der Waals surface area contributed by atoms with E-state index in [1.807, 2.05) is 0 Å². The number of hydrogen-bond acceptors (Lipinski definition) is 2. The van der Waals surface area contributed by atoms with Gasteiger partial charge in [-0.25, -0.2) is 0 Å². The van der Waals surface area contributed by atoms with E-state index in [-0.39, 0.29) is 11.5 Å². The number of halogens is 5. The van der Waals surface area contributed by atoms with Gasteiger partial charge in [-0.1, -0.05) is 31.9 Å². The van der Waals surface area contributed by atoms with Crippen molar-refractivity contribution in [2.45, 2.75) is 18.1 Å². The fourth-order valence-electron chi connectivity index (χ4n) is 1.13. The van der Waals surface area contributed by atoms with Crippen molar-refractivity contribution in [1.82, 2.24) is 0 Å². The van der Waals surface area contributed by atoms with Crippen LogP contribution >= 0.6 is 31.9 Å². The van der Waals surface area contributed by atoms with Crippen molar-refractivity contribution in [1.29, 1.82) is 0 Å². The third kappa shape index (κ3) is 4.31. The molecule has 1 atom stereocenters. The SMILES string of the molecule is CC(=O)C(Br)c1cc(OC(F)(F)F)ccc1Br.